The van der Waals surface area contributed by atoms with Gasteiger partial charge in [-0.2, -0.15) is 0 Å². The molecule has 0 atom stereocenters. The number of amides is 2. The molecule has 2 fully saturated rings. The molecule has 1 aliphatic heterocycles. The second-order valence-electron chi connectivity index (χ2n) is 7.92. The van der Waals surface area contributed by atoms with Gasteiger partial charge in [-0.15, -0.1) is 0 Å². The van der Waals surface area contributed by atoms with E-state index in [1.54, 1.807) is 0 Å². The zero-order chi connectivity index (χ0) is 20.2. The minimum Gasteiger partial charge on any atom is -0.376 e. The Hall–Kier alpha value is -3.02. The minimum atomic E-state index is -0.119. The highest BCUT2D eigenvalue weighted by molar-refractivity contribution is 5.96. The molecule has 2 amide bonds. The summed E-state index contributed by atoms with van der Waals surface area (Å²) in [6.07, 6.45) is 4.60. The fourth-order valence-electron chi connectivity index (χ4n) is 3.56. The van der Waals surface area contributed by atoms with Crippen LogP contribution in [0, 0.1) is 6.92 Å². The first kappa shape index (κ1) is 19.3. The van der Waals surface area contributed by atoms with Crippen molar-refractivity contribution in [2.45, 2.75) is 38.6 Å². The van der Waals surface area contributed by atoms with Gasteiger partial charge in [-0.1, -0.05) is 6.07 Å². The monoisotopic (exact) mass is 392 g/mol. The molecule has 1 saturated carbocycles. The van der Waals surface area contributed by atoms with Gasteiger partial charge in [0.15, 0.2) is 0 Å². The fraction of sp³-hybridized carbons (Fsp3) is 0.391. The molecular weight excluding hydrogens is 364 g/mol. The third kappa shape index (κ3) is 5.08. The first-order valence-electron chi connectivity index (χ1n) is 10.4. The maximum absolute atomic E-state index is 12.3. The number of aryl methyl sites for hydroxylation is 1. The van der Waals surface area contributed by atoms with Crippen LogP contribution in [-0.2, 0) is 4.79 Å². The number of rotatable bonds is 7. The van der Waals surface area contributed by atoms with E-state index in [0.717, 1.165) is 42.9 Å². The van der Waals surface area contributed by atoms with Crippen molar-refractivity contribution in [2.24, 2.45) is 0 Å². The zero-order valence-corrected chi connectivity index (χ0v) is 16.8. The molecule has 2 aliphatic rings. The van der Waals surface area contributed by atoms with Crippen molar-refractivity contribution in [3.63, 3.8) is 0 Å². The van der Waals surface area contributed by atoms with Gasteiger partial charge >= 0.3 is 0 Å². The highest BCUT2D eigenvalue weighted by Gasteiger charge is 2.24. The van der Waals surface area contributed by atoms with Crippen molar-refractivity contribution in [1.29, 1.82) is 0 Å². The Morgan fingerprint density at radius 2 is 1.76 bits per heavy atom. The quantitative estimate of drug-likeness (QED) is 0.674. The lowest BCUT2D eigenvalue weighted by molar-refractivity contribution is -0.114. The number of hydrogen-bond donors (Lipinski definition) is 3. The second-order valence-corrected chi connectivity index (χ2v) is 7.92. The highest BCUT2D eigenvalue weighted by Crippen LogP contribution is 2.23. The van der Waals surface area contributed by atoms with Crippen LogP contribution < -0.4 is 20.9 Å². The molecule has 1 aliphatic carbocycles. The van der Waals surface area contributed by atoms with Crippen molar-refractivity contribution in [1.82, 2.24) is 5.32 Å². The average Bonchev–Trinajstić information content (AvgIpc) is 3.36. The summed E-state index contributed by atoms with van der Waals surface area (Å²) >= 11 is 0. The Morgan fingerprint density at radius 3 is 2.45 bits per heavy atom. The van der Waals surface area contributed by atoms with Crippen molar-refractivity contribution >= 4 is 28.9 Å². The van der Waals surface area contributed by atoms with Crippen molar-refractivity contribution < 1.29 is 9.59 Å². The van der Waals surface area contributed by atoms with E-state index in [0.29, 0.717) is 11.6 Å². The van der Waals surface area contributed by atoms with Crippen LogP contribution in [0.25, 0.3) is 0 Å². The standard InChI is InChI=1S/C23H28N4O2/c1-16-4-5-17(23(29)26-19-6-7-19)14-21(16)24-15-22(28)25-18-8-10-20(11-9-18)27-12-2-3-13-27/h4-5,8-11,14,19,24H,2-3,6-7,12-13,15H2,1H3,(H,25,28)(H,26,29). The molecule has 2 aromatic rings. The summed E-state index contributed by atoms with van der Waals surface area (Å²) in [6, 6.07) is 13.9. The van der Waals surface area contributed by atoms with Crippen LogP contribution >= 0.6 is 0 Å². The molecule has 152 valence electrons. The van der Waals surface area contributed by atoms with Crippen molar-refractivity contribution in [3.8, 4) is 0 Å². The van der Waals surface area contributed by atoms with Crippen molar-refractivity contribution in [3.05, 3.63) is 53.6 Å². The zero-order valence-electron chi connectivity index (χ0n) is 16.8. The lowest BCUT2D eigenvalue weighted by Crippen LogP contribution is -2.26. The van der Waals surface area contributed by atoms with Crippen LogP contribution in [0.5, 0.6) is 0 Å². The van der Waals surface area contributed by atoms with Crippen LogP contribution in [0.4, 0.5) is 17.1 Å². The summed E-state index contributed by atoms with van der Waals surface area (Å²) in [4.78, 5) is 26.9. The predicted molar refractivity (Wildman–Crippen MR) is 117 cm³/mol. The number of hydrogen-bond acceptors (Lipinski definition) is 4. The number of nitrogens with one attached hydrogen (secondary N) is 3. The normalized spacial score (nSPS) is 15.8. The molecule has 3 N–H and O–H groups in total. The maximum atomic E-state index is 12.3. The third-order valence-corrected chi connectivity index (χ3v) is 5.47. The molecule has 0 aromatic heterocycles. The lowest BCUT2D eigenvalue weighted by Gasteiger charge is -2.18. The van der Waals surface area contributed by atoms with Gasteiger partial charge in [0.2, 0.25) is 5.91 Å². The molecule has 4 rings (SSSR count). The van der Waals surface area contributed by atoms with E-state index in [4.69, 9.17) is 0 Å². The highest BCUT2D eigenvalue weighted by atomic mass is 16.2. The molecule has 1 heterocycles. The molecule has 1 saturated heterocycles. The number of benzene rings is 2. The number of nitrogens with zero attached hydrogens (tertiary/aromatic N) is 1. The molecule has 0 bridgehead atoms. The third-order valence-electron chi connectivity index (χ3n) is 5.47. The summed E-state index contributed by atoms with van der Waals surface area (Å²) < 4.78 is 0. The molecule has 0 unspecified atom stereocenters. The maximum Gasteiger partial charge on any atom is 0.251 e. The Balaban J connectivity index is 1.31. The average molecular weight is 393 g/mol. The predicted octanol–water partition coefficient (Wildman–Crippen LogP) is 3.54. The van der Waals surface area contributed by atoms with E-state index in [-0.39, 0.29) is 18.4 Å². The smallest absolute Gasteiger partial charge is 0.251 e. The van der Waals surface area contributed by atoms with Crippen LogP contribution in [0.1, 0.15) is 41.6 Å². The van der Waals surface area contributed by atoms with Crippen LogP contribution in [0.2, 0.25) is 0 Å². The topological polar surface area (TPSA) is 73.5 Å². The largest absolute Gasteiger partial charge is 0.376 e. The molecule has 6 nitrogen and oxygen atoms in total. The molecule has 6 heteroatoms. The van der Waals surface area contributed by atoms with Gasteiger partial charge in [-0.25, -0.2) is 0 Å². The van der Waals surface area contributed by atoms with E-state index in [2.05, 4.69) is 33.0 Å². The lowest BCUT2D eigenvalue weighted by atomic mass is 10.1. The Kier molecular flexibility index (Phi) is 5.69. The second kappa shape index (κ2) is 8.55. The SMILES string of the molecule is Cc1ccc(C(=O)NC2CC2)cc1NCC(=O)Nc1ccc(N2CCCC2)cc1. The molecule has 29 heavy (non-hydrogen) atoms. The van der Waals surface area contributed by atoms with E-state index in [1.807, 2.05) is 37.3 Å². The minimum absolute atomic E-state index is 0.0573. The number of carbonyl (C=O) groups is 2. The summed E-state index contributed by atoms with van der Waals surface area (Å²) in [5.74, 6) is -0.177. The molecule has 2 aromatic carbocycles. The van der Waals surface area contributed by atoms with Gasteiger partial charge in [-0.3, -0.25) is 9.59 Å². The first-order valence-corrected chi connectivity index (χ1v) is 10.4. The van der Waals surface area contributed by atoms with E-state index >= 15 is 0 Å². The van der Waals surface area contributed by atoms with Gasteiger partial charge in [-0.05, 0) is 74.6 Å². The first-order chi connectivity index (χ1) is 14.1. The van der Waals surface area contributed by atoms with Gasteiger partial charge < -0.3 is 20.9 Å². The van der Waals surface area contributed by atoms with Crippen molar-refractivity contribution in [2.75, 3.05) is 35.2 Å². The van der Waals surface area contributed by atoms with E-state index in [9.17, 15) is 9.59 Å². The van der Waals surface area contributed by atoms with E-state index in [1.165, 1.54) is 18.5 Å². The van der Waals surface area contributed by atoms with E-state index < -0.39 is 0 Å². The number of anilines is 3. The molecule has 0 radical (unpaired) electrons. The summed E-state index contributed by atoms with van der Waals surface area (Å²) in [5, 5.41) is 9.06. The van der Waals surface area contributed by atoms with Crippen LogP contribution in [0.3, 0.4) is 0 Å². The fourth-order valence-corrected chi connectivity index (χ4v) is 3.56. The summed E-state index contributed by atoms with van der Waals surface area (Å²) in [5.41, 5.74) is 4.40. The Morgan fingerprint density at radius 1 is 1.03 bits per heavy atom. The van der Waals surface area contributed by atoms with Crippen LogP contribution in [-0.4, -0.2) is 37.5 Å². The molecular formula is C23H28N4O2. The molecule has 0 spiro atoms. The van der Waals surface area contributed by atoms with Crippen LogP contribution in [0.15, 0.2) is 42.5 Å². The van der Waals surface area contributed by atoms with Gasteiger partial charge in [0, 0.05) is 41.8 Å². The van der Waals surface area contributed by atoms with Gasteiger partial charge in [0.25, 0.3) is 5.91 Å². The Bertz CT molecular complexity index is 884. The summed E-state index contributed by atoms with van der Waals surface area (Å²) in [7, 11) is 0. The Labute approximate surface area is 171 Å². The van der Waals surface area contributed by atoms with Gasteiger partial charge in [0.05, 0.1) is 6.54 Å². The van der Waals surface area contributed by atoms with Gasteiger partial charge in [0.1, 0.15) is 0 Å². The number of carbonyl (C=O) groups excluding carboxylic acids is 2. The summed E-state index contributed by atoms with van der Waals surface area (Å²) in [6.45, 7) is 4.31.